The van der Waals surface area contributed by atoms with Crippen LogP contribution in [0.3, 0.4) is 0 Å². The van der Waals surface area contributed by atoms with Crippen molar-refractivity contribution in [3.63, 3.8) is 0 Å². The molecule has 3 nitrogen and oxygen atoms in total. The molecule has 0 aromatic heterocycles. The van der Waals surface area contributed by atoms with Crippen LogP contribution in [0.4, 0.5) is 5.69 Å². The molecule has 2 N–H and O–H groups in total. The molecular weight excluding hydrogens is 297 g/mol. The third-order valence-corrected chi connectivity index (χ3v) is 3.70. The van der Waals surface area contributed by atoms with Gasteiger partial charge in [0, 0.05) is 27.8 Å². The van der Waals surface area contributed by atoms with Crippen LogP contribution in [0, 0.1) is 6.92 Å². The molecule has 0 saturated carbocycles. The maximum Gasteiger partial charge on any atom is 0.335 e. The van der Waals surface area contributed by atoms with Crippen molar-refractivity contribution in [2.24, 2.45) is 0 Å². The van der Waals surface area contributed by atoms with Gasteiger partial charge in [0.05, 0.1) is 5.56 Å². The average molecular weight is 310 g/mol. The third kappa shape index (κ3) is 3.24. The number of hydrogen-bond acceptors (Lipinski definition) is 2. The van der Waals surface area contributed by atoms with Gasteiger partial charge >= 0.3 is 5.97 Å². The van der Waals surface area contributed by atoms with Gasteiger partial charge in [-0.2, -0.15) is 0 Å². The van der Waals surface area contributed by atoms with Crippen molar-refractivity contribution < 1.29 is 9.90 Å². The van der Waals surface area contributed by atoms with Crippen LogP contribution in [0.15, 0.2) is 36.4 Å². The minimum Gasteiger partial charge on any atom is -0.478 e. The molecular formula is C15H13Cl2NO2. The van der Waals surface area contributed by atoms with Crippen molar-refractivity contribution in [1.29, 1.82) is 0 Å². The molecule has 0 spiro atoms. The van der Waals surface area contributed by atoms with Gasteiger partial charge in [-0.1, -0.05) is 29.3 Å². The molecule has 0 aliphatic carbocycles. The van der Waals surface area contributed by atoms with E-state index in [1.54, 1.807) is 36.4 Å². The van der Waals surface area contributed by atoms with Crippen LogP contribution in [-0.4, -0.2) is 11.1 Å². The predicted molar refractivity (Wildman–Crippen MR) is 81.9 cm³/mol. The SMILES string of the molecule is Cc1cc(C(=O)O)ccc1NCc1c(Cl)cccc1Cl. The highest BCUT2D eigenvalue weighted by atomic mass is 35.5. The Morgan fingerprint density at radius 3 is 2.40 bits per heavy atom. The number of halogens is 2. The first-order chi connectivity index (χ1) is 9.49. The molecule has 0 atom stereocenters. The lowest BCUT2D eigenvalue weighted by atomic mass is 10.1. The van der Waals surface area contributed by atoms with Gasteiger partial charge < -0.3 is 10.4 Å². The van der Waals surface area contributed by atoms with Crippen molar-refractivity contribution in [2.45, 2.75) is 13.5 Å². The second-order valence-electron chi connectivity index (χ2n) is 4.39. The first-order valence-electron chi connectivity index (χ1n) is 5.99. The summed E-state index contributed by atoms with van der Waals surface area (Å²) in [6, 6.07) is 10.3. The fraction of sp³-hybridized carbons (Fsp3) is 0.133. The van der Waals surface area contributed by atoms with E-state index in [4.69, 9.17) is 28.3 Å². The Labute approximate surface area is 127 Å². The van der Waals surface area contributed by atoms with Crippen molar-refractivity contribution in [3.05, 3.63) is 63.1 Å². The Morgan fingerprint density at radius 1 is 1.20 bits per heavy atom. The molecule has 0 unspecified atom stereocenters. The highest BCUT2D eigenvalue weighted by Gasteiger charge is 2.08. The van der Waals surface area contributed by atoms with E-state index < -0.39 is 5.97 Å². The van der Waals surface area contributed by atoms with E-state index in [2.05, 4.69) is 5.32 Å². The minimum atomic E-state index is -0.936. The zero-order chi connectivity index (χ0) is 14.7. The Bertz CT molecular complexity index is 636. The van der Waals surface area contributed by atoms with Gasteiger partial charge in [0.15, 0.2) is 0 Å². The number of nitrogens with one attached hydrogen (secondary N) is 1. The number of anilines is 1. The van der Waals surface area contributed by atoms with Crippen LogP contribution in [-0.2, 0) is 6.54 Å². The molecule has 2 aromatic rings. The summed E-state index contributed by atoms with van der Waals surface area (Å²) in [5, 5.41) is 13.3. The van der Waals surface area contributed by atoms with Crippen molar-refractivity contribution >= 4 is 34.9 Å². The molecule has 0 saturated heterocycles. The fourth-order valence-corrected chi connectivity index (χ4v) is 2.41. The summed E-state index contributed by atoms with van der Waals surface area (Å²) in [6.45, 7) is 2.33. The lowest BCUT2D eigenvalue weighted by Crippen LogP contribution is -2.04. The molecule has 0 radical (unpaired) electrons. The molecule has 0 bridgehead atoms. The van der Waals surface area contributed by atoms with Crippen LogP contribution >= 0.6 is 23.2 Å². The maximum atomic E-state index is 10.9. The number of hydrogen-bond donors (Lipinski definition) is 2. The van der Waals surface area contributed by atoms with Gasteiger partial charge in [-0.25, -0.2) is 4.79 Å². The van der Waals surface area contributed by atoms with E-state index in [0.29, 0.717) is 16.6 Å². The monoisotopic (exact) mass is 309 g/mol. The van der Waals surface area contributed by atoms with Crippen LogP contribution in [0.5, 0.6) is 0 Å². The molecule has 5 heteroatoms. The molecule has 0 heterocycles. The number of rotatable bonds is 4. The van der Waals surface area contributed by atoms with Gasteiger partial charge in [-0.3, -0.25) is 0 Å². The van der Waals surface area contributed by atoms with Crippen molar-refractivity contribution in [3.8, 4) is 0 Å². The van der Waals surface area contributed by atoms with Crippen LogP contribution < -0.4 is 5.32 Å². The molecule has 0 aliphatic rings. The van der Waals surface area contributed by atoms with Gasteiger partial charge in [-0.05, 0) is 42.8 Å². The van der Waals surface area contributed by atoms with Gasteiger partial charge in [0.25, 0.3) is 0 Å². The number of carboxylic acids is 1. The summed E-state index contributed by atoms with van der Waals surface area (Å²) in [4.78, 5) is 10.9. The molecule has 2 aromatic carbocycles. The Hall–Kier alpha value is -1.71. The largest absolute Gasteiger partial charge is 0.478 e. The number of carboxylic acid groups (broad SMARTS) is 1. The third-order valence-electron chi connectivity index (χ3n) is 2.99. The minimum absolute atomic E-state index is 0.267. The summed E-state index contributed by atoms with van der Waals surface area (Å²) in [7, 11) is 0. The predicted octanol–water partition coefficient (Wildman–Crippen LogP) is 4.61. The highest BCUT2D eigenvalue weighted by Crippen LogP contribution is 2.26. The van der Waals surface area contributed by atoms with Crippen LogP contribution in [0.2, 0.25) is 10.0 Å². The molecule has 0 amide bonds. The average Bonchev–Trinajstić information content (AvgIpc) is 2.39. The van der Waals surface area contributed by atoms with Crippen LogP contribution in [0.1, 0.15) is 21.5 Å². The summed E-state index contributed by atoms with van der Waals surface area (Å²) in [6.07, 6.45) is 0. The lowest BCUT2D eigenvalue weighted by molar-refractivity contribution is 0.0697. The molecule has 2 rings (SSSR count). The molecule has 20 heavy (non-hydrogen) atoms. The molecule has 104 valence electrons. The van der Waals surface area contributed by atoms with E-state index in [0.717, 1.165) is 16.8 Å². The van der Waals surface area contributed by atoms with E-state index in [-0.39, 0.29) is 5.56 Å². The van der Waals surface area contributed by atoms with Gasteiger partial charge in [0.2, 0.25) is 0 Å². The van der Waals surface area contributed by atoms with Gasteiger partial charge in [0.1, 0.15) is 0 Å². The number of benzene rings is 2. The fourth-order valence-electron chi connectivity index (χ4n) is 1.88. The summed E-state index contributed by atoms with van der Waals surface area (Å²) in [5.41, 5.74) is 2.79. The van der Waals surface area contributed by atoms with Crippen molar-refractivity contribution in [2.75, 3.05) is 5.32 Å². The molecule has 0 aliphatic heterocycles. The summed E-state index contributed by atoms with van der Waals surface area (Å²) < 4.78 is 0. The smallest absolute Gasteiger partial charge is 0.335 e. The Kier molecular flexibility index (Phi) is 4.53. The topological polar surface area (TPSA) is 49.3 Å². The van der Waals surface area contributed by atoms with Crippen molar-refractivity contribution in [1.82, 2.24) is 0 Å². The van der Waals surface area contributed by atoms with E-state index >= 15 is 0 Å². The lowest BCUT2D eigenvalue weighted by Gasteiger charge is -2.12. The zero-order valence-electron chi connectivity index (χ0n) is 10.8. The number of carbonyl (C=O) groups is 1. The first-order valence-corrected chi connectivity index (χ1v) is 6.75. The van der Waals surface area contributed by atoms with Crippen LogP contribution in [0.25, 0.3) is 0 Å². The highest BCUT2D eigenvalue weighted by molar-refractivity contribution is 6.36. The quantitative estimate of drug-likeness (QED) is 0.867. The number of aromatic carboxylic acids is 1. The standard InChI is InChI=1S/C15H13Cl2NO2/c1-9-7-10(15(19)20)5-6-14(9)18-8-11-12(16)3-2-4-13(11)17/h2-7,18H,8H2,1H3,(H,19,20). The zero-order valence-corrected chi connectivity index (χ0v) is 12.3. The number of aryl methyl sites for hydroxylation is 1. The normalized spacial score (nSPS) is 10.3. The van der Waals surface area contributed by atoms with E-state index in [1.807, 2.05) is 6.92 Å². The summed E-state index contributed by atoms with van der Waals surface area (Å²) in [5.74, 6) is -0.936. The molecule has 0 fully saturated rings. The van der Waals surface area contributed by atoms with E-state index in [1.165, 1.54) is 0 Å². The summed E-state index contributed by atoms with van der Waals surface area (Å²) >= 11 is 12.2. The van der Waals surface area contributed by atoms with Gasteiger partial charge in [-0.15, -0.1) is 0 Å². The Morgan fingerprint density at radius 2 is 1.85 bits per heavy atom. The Balaban J connectivity index is 2.17. The second-order valence-corrected chi connectivity index (χ2v) is 5.20. The first kappa shape index (κ1) is 14.7. The van der Waals surface area contributed by atoms with E-state index in [9.17, 15) is 4.79 Å². The maximum absolute atomic E-state index is 10.9. The second kappa shape index (κ2) is 6.16.